The lowest BCUT2D eigenvalue weighted by Gasteiger charge is -2.13. The van der Waals surface area contributed by atoms with Crippen molar-refractivity contribution in [3.05, 3.63) is 28.8 Å². The highest BCUT2D eigenvalue weighted by molar-refractivity contribution is 7.98. The lowest BCUT2D eigenvalue weighted by molar-refractivity contribution is 0.470. The normalized spacial score (nSPS) is 11.2. The van der Waals surface area contributed by atoms with E-state index in [0.29, 0.717) is 5.75 Å². The molecule has 0 saturated heterocycles. The molecule has 1 aromatic carbocycles. The molecule has 0 spiro atoms. The number of hydrogen-bond acceptors (Lipinski definition) is 3. The first-order valence-corrected chi connectivity index (χ1v) is 14.0. The zero-order valence-corrected chi connectivity index (χ0v) is 20.4. The van der Waals surface area contributed by atoms with E-state index >= 15 is 0 Å². The minimum Gasteiger partial charge on any atom is -0.508 e. The molecule has 1 N–H and O–H groups in total. The lowest BCUT2D eigenvalue weighted by atomic mass is 10.0. The van der Waals surface area contributed by atoms with Crippen LogP contribution in [0.15, 0.2) is 12.1 Å². The van der Waals surface area contributed by atoms with Crippen molar-refractivity contribution < 1.29 is 5.11 Å². The van der Waals surface area contributed by atoms with Crippen molar-refractivity contribution in [2.75, 3.05) is 11.5 Å². The van der Waals surface area contributed by atoms with Crippen molar-refractivity contribution in [3.63, 3.8) is 0 Å². The van der Waals surface area contributed by atoms with E-state index in [9.17, 15) is 5.11 Å². The van der Waals surface area contributed by atoms with Crippen LogP contribution >= 0.6 is 23.5 Å². The van der Waals surface area contributed by atoms with Crippen LogP contribution in [0.2, 0.25) is 0 Å². The molecule has 1 rings (SSSR count). The zero-order chi connectivity index (χ0) is 20.5. The monoisotopic (exact) mass is 424 g/mol. The Bertz CT molecular complexity index is 502. The number of phenolic OH excluding ortho intramolecular Hbond substituents is 1. The van der Waals surface area contributed by atoms with Gasteiger partial charge in [-0.25, -0.2) is 0 Å². The number of phenols is 1. The topological polar surface area (TPSA) is 20.2 Å². The van der Waals surface area contributed by atoms with Gasteiger partial charge in [0.05, 0.1) is 0 Å². The third-order valence-corrected chi connectivity index (χ3v) is 7.64. The second-order valence-corrected chi connectivity index (χ2v) is 10.2. The molecule has 0 heterocycles. The first-order chi connectivity index (χ1) is 13.7. The molecule has 0 bridgehead atoms. The standard InChI is InChI=1S/C25H44OS2/c1-4-6-8-10-12-14-18-27-20-23-16-17-25(26)24(22(23)3)21-28-19-15-13-11-9-7-5-2/h16-17,26H,4-15,18-21H2,1-3H3. The van der Waals surface area contributed by atoms with Crippen LogP contribution in [0.3, 0.4) is 0 Å². The average Bonchev–Trinajstić information content (AvgIpc) is 2.69. The summed E-state index contributed by atoms with van der Waals surface area (Å²) in [5, 5.41) is 10.3. The Kier molecular flexibility index (Phi) is 16.2. The molecule has 0 aliphatic carbocycles. The summed E-state index contributed by atoms with van der Waals surface area (Å²) in [6.45, 7) is 6.74. The zero-order valence-electron chi connectivity index (χ0n) is 18.7. The maximum Gasteiger partial charge on any atom is 0.119 e. The Morgan fingerprint density at radius 1 is 0.679 bits per heavy atom. The first-order valence-electron chi connectivity index (χ1n) is 11.7. The van der Waals surface area contributed by atoms with E-state index in [1.807, 2.05) is 17.8 Å². The molecule has 28 heavy (non-hydrogen) atoms. The molecule has 1 aromatic rings. The van der Waals surface area contributed by atoms with E-state index in [4.69, 9.17) is 0 Å². The Morgan fingerprint density at radius 2 is 1.18 bits per heavy atom. The second kappa shape index (κ2) is 17.6. The Hall–Kier alpha value is -0.280. The van der Waals surface area contributed by atoms with Crippen molar-refractivity contribution >= 4 is 23.5 Å². The maximum absolute atomic E-state index is 10.3. The quantitative estimate of drug-likeness (QED) is 0.237. The third-order valence-electron chi connectivity index (χ3n) is 5.47. The molecule has 0 unspecified atom stereocenters. The number of thioether (sulfide) groups is 2. The summed E-state index contributed by atoms with van der Waals surface area (Å²) >= 11 is 4.03. The highest BCUT2D eigenvalue weighted by Gasteiger charge is 2.10. The Labute approximate surface area is 183 Å². The van der Waals surface area contributed by atoms with Crippen molar-refractivity contribution in [2.45, 2.75) is 109 Å². The minimum atomic E-state index is 0.484. The van der Waals surface area contributed by atoms with Crippen molar-refractivity contribution in [1.29, 1.82) is 0 Å². The molecule has 0 amide bonds. The van der Waals surface area contributed by atoms with E-state index in [1.165, 1.54) is 99.7 Å². The molecule has 0 radical (unpaired) electrons. The van der Waals surface area contributed by atoms with E-state index < -0.39 is 0 Å². The van der Waals surface area contributed by atoms with Crippen molar-refractivity contribution in [2.24, 2.45) is 0 Å². The predicted molar refractivity (Wildman–Crippen MR) is 132 cm³/mol. The second-order valence-electron chi connectivity index (χ2n) is 7.99. The summed E-state index contributed by atoms with van der Waals surface area (Å²) in [6.07, 6.45) is 16.4. The van der Waals surface area contributed by atoms with Crippen LogP contribution in [-0.4, -0.2) is 16.6 Å². The number of benzene rings is 1. The molecule has 0 atom stereocenters. The van der Waals surface area contributed by atoms with Gasteiger partial charge in [-0.3, -0.25) is 0 Å². The minimum absolute atomic E-state index is 0.484. The van der Waals surface area contributed by atoms with E-state index in [2.05, 4.69) is 38.6 Å². The maximum atomic E-state index is 10.3. The Balaban J connectivity index is 2.26. The van der Waals surface area contributed by atoms with E-state index in [0.717, 1.165) is 17.1 Å². The van der Waals surface area contributed by atoms with Gasteiger partial charge in [0.1, 0.15) is 5.75 Å². The molecule has 0 saturated carbocycles. The van der Waals surface area contributed by atoms with E-state index in [1.54, 1.807) is 0 Å². The lowest BCUT2D eigenvalue weighted by Crippen LogP contribution is -1.96. The SMILES string of the molecule is CCCCCCCCSCc1ccc(O)c(CSCCCCCCCC)c1C. The van der Waals surface area contributed by atoms with Crippen LogP contribution in [0.4, 0.5) is 0 Å². The summed E-state index contributed by atoms with van der Waals surface area (Å²) in [7, 11) is 0. The number of aromatic hydroxyl groups is 1. The smallest absolute Gasteiger partial charge is 0.119 e. The van der Waals surface area contributed by atoms with Gasteiger partial charge in [0.25, 0.3) is 0 Å². The van der Waals surface area contributed by atoms with E-state index in [-0.39, 0.29) is 0 Å². The predicted octanol–water partition coefficient (Wildman–Crippen LogP) is 8.89. The fraction of sp³-hybridized carbons (Fsp3) is 0.760. The van der Waals surface area contributed by atoms with Gasteiger partial charge in [0, 0.05) is 17.1 Å². The molecular weight excluding hydrogens is 380 g/mol. The molecule has 0 fully saturated rings. The van der Waals surface area contributed by atoms with Gasteiger partial charge < -0.3 is 5.11 Å². The van der Waals surface area contributed by atoms with Gasteiger partial charge in [0.15, 0.2) is 0 Å². The summed E-state index contributed by atoms with van der Waals surface area (Å²) < 4.78 is 0. The van der Waals surface area contributed by atoms with Crippen LogP contribution in [0.1, 0.15) is 108 Å². The van der Waals surface area contributed by atoms with Crippen LogP contribution < -0.4 is 0 Å². The first kappa shape index (κ1) is 25.8. The van der Waals surface area contributed by atoms with Crippen LogP contribution in [0, 0.1) is 6.92 Å². The fourth-order valence-electron chi connectivity index (χ4n) is 3.45. The molecule has 3 heteroatoms. The highest BCUT2D eigenvalue weighted by atomic mass is 32.2. The number of unbranched alkanes of at least 4 members (excludes halogenated alkanes) is 10. The molecule has 1 nitrogen and oxygen atoms in total. The van der Waals surface area contributed by atoms with Crippen molar-refractivity contribution in [3.8, 4) is 5.75 Å². The molecule has 0 aromatic heterocycles. The fourth-order valence-corrected chi connectivity index (χ4v) is 5.66. The third kappa shape index (κ3) is 11.7. The summed E-state index contributed by atoms with van der Waals surface area (Å²) in [4.78, 5) is 0. The largest absolute Gasteiger partial charge is 0.508 e. The van der Waals surface area contributed by atoms with Gasteiger partial charge in [-0.05, 0) is 48.5 Å². The number of rotatable bonds is 18. The molecule has 162 valence electrons. The van der Waals surface area contributed by atoms with Gasteiger partial charge >= 0.3 is 0 Å². The highest BCUT2D eigenvalue weighted by Crippen LogP contribution is 2.30. The van der Waals surface area contributed by atoms with Crippen LogP contribution in [-0.2, 0) is 11.5 Å². The van der Waals surface area contributed by atoms with Gasteiger partial charge in [-0.2, -0.15) is 23.5 Å². The van der Waals surface area contributed by atoms with Gasteiger partial charge in [-0.1, -0.05) is 84.1 Å². The van der Waals surface area contributed by atoms with Crippen molar-refractivity contribution in [1.82, 2.24) is 0 Å². The molecule has 0 aliphatic heterocycles. The van der Waals surface area contributed by atoms with Gasteiger partial charge in [-0.15, -0.1) is 0 Å². The van der Waals surface area contributed by atoms with Crippen LogP contribution in [0.5, 0.6) is 5.75 Å². The Morgan fingerprint density at radius 3 is 1.75 bits per heavy atom. The van der Waals surface area contributed by atoms with Gasteiger partial charge in [0.2, 0.25) is 0 Å². The molecular formula is C25H44OS2. The summed E-state index contributed by atoms with van der Waals surface area (Å²) in [5.41, 5.74) is 3.88. The molecule has 0 aliphatic rings. The summed E-state index contributed by atoms with van der Waals surface area (Å²) in [5.74, 6) is 4.98. The number of hydrogen-bond donors (Lipinski definition) is 1. The summed E-state index contributed by atoms with van der Waals surface area (Å²) in [6, 6.07) is 4.04. The average molecular weight is 425 g/mol. The van der Waals surface area contributed by atoms with Crippen LogP contribution in [0.25, 0.3) is 0 Å².